The van der Waals surface area contributed by atoms with E-state index >= 15 is 0 Å². The first-order chi connectivity index (χ1) is 7.54. The first-order valence-electron chi connectivity index (χ1n) is 5.31. The standard InChI is InChI=1S/C12H17ClN2O/c1-4-5-9-6-7-10(8-11(9)13)14-12(16)15(2)3/h6-8H,4-5H2,1-3H3,(H,14,16). The van der Waals surface area contributed by atoms with Crippen LogP contribution in [0.3, 0.4) is 0 Å². The average molecular weight is 241 g/mol. The predicted molar refractivity (Wildman–Crippen MR) is 68.2 cm³/mol. The van der Waals surface area contributed by atoms with Crippen molar-refractivity contribution in [2.45, 2.75) is 19.8 Å². The lowest BCUT2D eigenvalue weighted by Crippen LogP contribution is -2.27. The molecule has 0 saturated heterocycles. The van der Waals surface area contributed by atoms with Crippen molar-refractivity contribution in [3.05, 3.63) is 28.8 Å². The SMILES string of the molecule is CCCc1ccc(NC(=O)N(C)C)cc1Cl. The molecule has 0 radical (unpaired) electrons. The van der Waals surface area contributed by atoms with Crippen molar-refractivity contribution >= 4 is 23.3 Å². The van der Waals surface area contributed by atoms with Gasteiger partial charge in [0, 0.05) is 24.8 Å². The second kappa shape index (κ2) is 5.75. The number of carbonyl (C=O) groups is 1. The van der Waals surface area contributed by atoms with Crippen molar-refractivity contribution in [1.82, 2.24) is 4.90 Å². The van der Waals surface area contributed by atoms with Crippen LogP contribution < -0.4 is 5.32 Å². The zero-order valence-corrected chi connectivity index (χ0v) is 10.6. The minimum Gasteiger partial charge on any atom is -0.331 e. The lowest BCUT2D eigenvalue weighted by atomic mass is 10.1. The largest absolute Gasteiger partial charge is 0.331 e. The van der Waals surface area contributed by atoms with Crippen molar-refractivity contribution in [3.63, 3.8) is 0 Å². The minimum atomic E-state index is -0.153. The summed E-state index contributed by atoms with van der Waals surface area (Å²) in [6.45, 7) is 2.11. The van der Waals surface area contributed by atoms with Gasteiger partial charge in [0.05, 0.1) is 0 Å². The molecule has 1 N–H and O–H groups in total. The van der Waals surface area contributed by atoms with Gasteiger partial charge in [0.25, 0.3) is 0 Å². The Kier molecular flexibility index (Phi) is 4.62. The van der Waals surface area contributed by atoms with Crippen LogP contribution in [0.25, 0.3) is 0 Å². The Bertz CT molecular complexity index is 377. The molecule has 88 valence electrons. The molecule has 0 saturated carbocycles. The molecule has 2 amide bonds. The zero-order chi connectivity index (χ0) is 12.1. The van der Waals surface area contributed by atoms with Crippen LogP contribution in [0.4, 0.5) is 10.5 Å². The van der Waals surface area contributed by atoms with E-state index in [0.29, 0.717) is 5.02 Å². The molecule has 1 rings (SSSR count). The van der Waals surface area contributed by atoms with Crippen LogP contribution in [0.5, 0.6) is 0 Å². The van der Waals surface area contributed by atoms with Crippen molar-refractivity contribution in [1.29, 1.82) is 0 Å². The molecular formula is C12H17ClN2O. The second-order valence-corrected chi connectivity index (χ2v) is 4.29. The van der Waals surface area contributed by atoms with Gasteiger partial charge in [0.15, 0.2) is 0 Å². The number of amides is 2. The van der Waals surface area contributed by atoms with E-state index in [1.54, 1.807) is 20.2 Å². The van der Waals surface area contributed by atoms with E-state index in [1.807, 2.05) is 12.1 Å². The van der Waals surface area contributed by atoms with Gasteiger partial charge >= 0.3 is 6.03 Å². The highest BCUT2D eigenvalue weighted by Crippen LogP contribution is 2.22. The van der Waals surface area contributed by atoms with Crippen molar-refractivity contribution in [2.24, 2.45) is 0 Å². The summed E-state index contributed by atoms with van der Waals surface area (Å²) in [5, 5.41) is 3.46. The number of halogens is 1. The molecule has 0 aliphatic heterocycles. The van der Waals surface area contributed by atoms with Gasteiger partial charge in [-0.15, -0.1) is 0 Å². The van der Waals surface area contributed by atoms with Crippen molar-refractivity contribution < 1.29 is 4.79 Å². The predicted octanol–water partition coefficient (Wildman–Crippen LogP) is 3.39. The van der Waals surface area contributed by atoms with E-state index in [9.17, 15) is 4.79 Å². The third kappa shape index (κ3) is 3.42. The molecule has 0 aromatic heterocycles. The highest BCUT2D eigenvalue weighted by atomic mass is 35.5. The molecule has 0 atom stereocenters. The first-order valence-corrected chi connectivity index (χ1v) is 5.69. The van der Waals surface area contributed by atoms with E-state index in [0.717, 1.165) is 24.1 Å². The summed E-state index contributed by atoms with van der Waals surface area (Å²) in [7, 11) is 3.39. The summed E-state index contributed by atoms with van der Waals surface area (Å²) in [6, 6.07) is 5.46. The summed E-state index contributed by atoms with van der Waals surface area (Å²) in [4.78, 5) is 12.9. The van der Waals surface area contributed by atoms with E-state index in [-0.39, 0.29) is 6.03 Å². The number of aryl methyl sites for hydroxylation is 1. The fourth-order valence-corrected chi connectivity index (χ4v) is 1.61. The van der Waals surface area contributed by atoms with Crippen LogP contribution in [0, 0.1) is 0 Å². The maximum absolute atomic E-state index is 11.4. The number of urea groups is 1. The normalized spacial score (nSPS) is 10.0. The molecule has 0 fully saturated rings. The number of nitrogens with one attached hydrogen (secondary N) is 1. The molecule has 1 aromatic carbocycles. The van der Waals surface area contributed by atoms with Gasteiger partial charge in [-0.2, -0.15) is 0 Å². The summed E-state index contributed by atoms with van der Waals surface area (Å²) in [6.07, 6.45) is 2.02. The van der Waals surface area contributed by atoms with Crippen LogP contribution in [-0.2, 0) is 6.42 Å². The summed E-state index contributed by atoms with van der Waals surface area (Å²) in [5.41, 5.74) is 1.84. The van der Waals surface area contributed by atoms with Gasteiger partial charge in [-0.1, -0.05) is 31.0 Å². The Hall–Kier alpha value is -1.22. The highest BCUT2D eigenvalue weighted by Gasteiger charge is 2.06. The monoisotopic (exact) mass is 240 g/mol. The molecule has 0 spiro atoms. The molecule has 4 heteroatoms. The number of anilines is 1. The molecule has 3 nitrogen and oxygen atoms in total. The molecule has 0 heterocycles. The Morgan fingerprint density at radius 3 is 2.62 bits per heavy atom. The first kappa shape index (κ1) is 12.8. The fourth-order valence-electron chi connectivity index (χ4n) is 1.33. The van der Waals surface area contributed by atoms with E-state index in [4.69, 9.17) is 11.6 Å². The summed E-state index contributed by atoms with van der Waals surface area (Å²) >= 11 is 6.11. The number of hydrogen-bond donors (Lipinski definition) is 1. The second-order valence-electron chi connectivity index (χ2n) is 3.88. The molecule has 1 aromatic rings. The average Bonchev–Trinajstić information content (AvgIpc) is 2.22. The lowest BCUT2D eigenvalue weighted by Gasteiger charge is -2.13. The number of rotatable bonds is 3. The summed E-state index contributed by atoms with van der Waals surface area (Å²) < 4.78 is 0. The van der Waals surface area contributed by atoms with Gasteiger partial charge in [-0.05, 0) is 24.1 Å². The Balaban J connectivity index is 2.77. The molecular weight excluding hydrogens is 224 g/mol. The van der Waals surface area contributed by atoms with Crippen LogP contribution in [0.2, 0.25) is 5.02 Å². The molecule has 16 heavy (non-hydrogen) atoms. The minimum absolute atomic E-state index is 0.153. The molecule has 0 unspecified atom stereocenters. The van der Waals surface area contributed by atoms with Gasteiger partial charge in [-0.25, -0.2) is 4.79 Å². The van der Waals surface area contributed by atoms with Crippen LogP contribution >= 0.6 is 11.6 Å². The van der Waals surface area contributed by atoms with Crippen molar-refractivity contribution in [3.8, 4) is 0 Å². The quantitative estimate of drug-likeness (QED) is 0.863. The Labute approximate surface area is 101 Å². The van der Waals surface area contributed by atoms with Crippen LogP contribution in [-0.4, -0.2) is 25.0 Å². The third-order valence-electron chi connectivity index (χ3n) is 2.23. The Morgan fingerprint density at radius 1 is 1.44 bits per heavy atom. The van der Waals surface area contributed by atoms with Gasteiger partial charge in [0.1, 0.15) is 0 Å². The molecule has 0 aliphatic carbocycles. The number of hydrogen-bond acceptors (Lipinski definition) is 1. The van der Waals surface area contributed by atoms with E-state index in [2.05, 4.69) is 12.2 Å². The fraction of sp³-hybridized carbons (Fsp3) is 0.417. The lowest BCUT2D eigenvalue weighted by molar-refractivity contribution is 0.230. The van der Waals surface area contributed by atoms with Gasteiger partial charge in [0.2, 0.25) is 0 Å². The number of carbonyl (C=O) groups excluding carboxylic acids is 1. The van der Waals surface area contributed by atoms with Crippen LogP contribution in [0.1, 0.15) is 18.9 Å². The number of nitrogens with zero attached hydrogens (tertiary/aromatic N) is 1. The third-order valence-corrected chi connectivity index (χ3v) is 2.58. The van der Waals surface area contributed by atoms with E-state index in [1.165, 1.54) is 4.90 Å². The summed E-state index contributed by atoms with van der Waals surface area (Å²) in [5.74, 6) is 0. The van der Waals surface area contributed by atoms with E-state index < -0.39 is 0 Å². The topological polar surface area (TPSA) is 32.3 Å². The maximum atomic E-state index is 11.4. The highest BCUT2D eigenvalue weighted by molar-refractivity contribution is 6.31. The number of benzene rings is 1. The van der Waals surface area contributed by atoms with Crippen molar-refractivity contribution in [2.75, 3.05) is 19.4 Å². The van der Waals surface area contributed by atoms with Crippen LogP contribution in [0.15, 0.2) is 18.2 Å². The van der Waals surface area contributed by atoms with Gasteiger partial charge in [-0.3, -0.25) is 0 Å². The Morgan fingerprint density at radius 2 is 2.12 bits per heavy atom. The molecule has 0 aliphatic rings. The van der Waals surface area contributed by atoms with Gasteiger partial charge < -0.3 is 10.2 Å². The smallest absolute Gasteiger partial charge is 0.321 e. The zero-order valence-electron chi connectivity index (χ0n) is 9.88. The molecule has 0 bridgehead atoms. The maximum Gasteiger partial charge on any atom is 0.321 e.